The molecule has 3 nitrogen and oxygen atoms in total. The van der Waals surface area contributed by atoms with Crippen LogP contribution in [0, 0.1) is 5.82 Å². The van der Waals surface area contributed by atoms with E-state index in [1.54, 1.807) is 0 Å². The summed E-state index contributed by atoms with van der Waals surface area (Å²) in [6.45, 7) is -0.423. The fourth-order valence-electron chi connectivity index (χ4n) is 1.08. The highest BCUT2D eigenvalue weighted by Gasteiger charge is 2.20. The van der Waals surface area contributed by atoms with E-state index in [9.17, 15) is 9.50 Å². The zero-order valence-electron chi connectivity index (χ0n) is 7.32. The van der Waals surface area contributed by atoms with Crippen LogP contribution < -0.4 is 5.73 Å². The largest absolute Gasteiger partial charge is 0.395 e. The molecule has 0 bridgehead atoms. The normalized spacial score (nSPS) is 15.2. The Bertz CT molecular complexity index is 322. The molecule has 78 valence electrons. The predicted molar refractivity (Wildman–Crippen MR) is 51.4 cm³/mol. The predicted octanol–water partition coefficient (Wildman–Crippen LogP) is 0.832. The number of benzene rings is 1. The van der Waals surface area contributed by atoms with Crippen molar-refractivity contribution in [3.8, 4) is 0 Å². The summed E-state index contributed by atoms with van der Waals surface area (Å²) in [5.41, 5.74) is 5.36. The lowest BCUT2D eigenvalue weighted by molar-refractivity contribution is 0.106. The molecule has 0 heterocycles. The molecular weight excluding hydrogens is 209 g/mol. The van der Waals surface area contributed by atoms with Crippen molar-refractivity contribution in [1.82, 2.24) is 0 Å². The minimum absolute atomic E-state index is 0.000880. The van der Waals surface area contributed by atoms with Gasteiger partial charge >= 0.3 is 0 Å². The van der Waals surface area contributed by atoms with Crippen LogP contribution in [0.4, 0.5) is 4.39 Å². The van der Waals surface area contributed by atoms with E-state index < -0.39 is 24.6 Å². The first kappa shape index (κ1) is 11.4. The molecule has 1 aromatic rings. The van der Waals surface area contributed by atoms with E-state index >= 15 is 0 Å². The Balaban J connectivity index is 3.01. The molecule has 2 unspecified atom stereocenters. The van der Waals surface area contributed by atoms with Gasteiger partial charge in [-0.1, -0.05) is 23.7 Å². The van der Waals surface area contributed by atoms with E-state index in [1.807, 2.05) is 0 Å². The number of aliphatic hydroxyl groups excluding tert-OH is 2. The minimum atomic E-state index is -1.25. The second kappa shape index (κ2) is 4.70. The first-order valence-electron chi connectivity index (χ1n) is 4.06. The molecule has 0 fully saturated rings. The van der Waals surface area contributed by atoms with Gasteiger partial charge in [-0.2, -0.15) is 0 Å². The Kier molecular flexibility index (Phi) is 3.83. The molecule has 0 aromatic heterocycles. The molecular formula is C9H11ClFNO2. The Morgan fingerprint density at radius 1 is 1.50 bits per heavy atom. The molecule has 5 heteroatoms. The monoisotopic (exact) mass is 219 g/mol. The summed E-state index contributed by atoms with van der Waals surface area (Å²) in [4.78, 5) is 0. The lowest BCUT2D eigenvalue weighted by atomic mass is 10.0. The maximum absolute atomic E-state index is 13.3. The van der Waals surface area contributed by atoms with Crippen LogP contribution in [-0.4, -0.2) is 22.9 Å². The van der Waals surface area contributed by atoms with Crippen LogP contribution in [0.1, 0.15) is 11.7 Å². The molecule has 0 saturated heterocycles. The Labute approximate surface area is 85.9 Å². The number of hydrogen-bond donors (Lipinski definition) is 3. The molecule has 0 radical (unpaired) electrons. The van der Waals surface area contributed by atoms with Gasteiger partial charge < -0.3 is 15.9 Å². The molecule has 0 amide bonds. The van der Waals surface area contributed by atoms with Gasteiger partial charge in [0.15, 0.2) is 0 Å². The number of nitrogens with two attached hydrogens (primary N) is 1. The Hall–Kier alpha value is -0.680. The van der Waals surface area contributed by atoms with Crippen LogP contribution in [0.15, 0.2) is 18.2 Å². The van der Waals surface area contributed by atoms with Crippen LogP contribution in [0.5, 0.6) is 0 Å². The van der Waals surface area contributed by atoms with E-state index in [-0.39, 0.29) is 10.6 Å². The van der Waals surface area contributed by atoms with Crippen molar-refractivity contribution in [2.75, 3.05) is 6.61 Å². The summed E-state index contributed by atoms with van der Waals surface area (Å²) in [6.07, 6.45) is -1.25. The molecule has 0 aliphatic rings. The van der Waals surface area contributed by atoms with E-state index in [0.29, 0.717) is 0 Å². The lowest BCUT2D eigenvalue weighted by Gasteiger charge is -2.17. The van der Waals surface area contributed by atoms with Gasteiger partial charge in [0, 0.05) is 5.56 Å². The molecule has 0 saturated carbocycles. The van der Waals surface area contributed by atoms with Gasteiger partial charge in [-0.05, 0) is 6.07 Å². The fourth-order valence-corrected chi connectivity index (χ4v) is 1.26. The highest BCUT2D eigenvalue weighted by molar-refractivity contribution is 6.30. The minimum Gasteiger partial charge on any atom is -0.395 e. The number of rotatable bonds is 3. The van der Waals surface area contributed by atoms with Crippen molar-refractivity contribution in [3.05, 3.63) is 34.6 Å². The molecule has 1 rings (SSSR count). The topological polar surface area (TPSA) is 66.5 Å². The average Bonchev–Trinajstić information content (AvgIpc) is 2.20. The van der Waals surface area contributed by atoms with Crippen LogP contribution in [0.3, 0.4) is 0 Å². The van der Waals surface area contributed by atoms with Crippen molar-refractivity contribution in [2.45, 2.75) is 12.1 Å². The van der Waals surface area contributed by atoms with E-state index in [4.69, 9.17) is 22.4 Å². The van der Waals surface area contributed by atoms with Gasteiger partial charge in [0.1, 0.15) is 5.82 Å². The average molecular weight is 220 g/mol. The summed E-state index contributed by atoms with van der Waals surface area (Å²) in [7, 11) is 0. The standard InChI is InChI=1S/C9H11ClFNO2/c10-6-3-1-2-5(8(6)11)9(14)7(12)4-13/h1-3,7,9,13-14H,4,12H2. The fraction of sp³-hybridized carbons (Fsp3) is 0.333. The van der Waals surface area contributed by atoms with Gasteiger partial charge in [0.05, 0.1) is 23.8 Å². The first-order chi connectivity index (χ1) is 6.57. The lowest BCUT2D eigenvalue weighted by Crippen LogP contribution is -2.32. The van der Waals surface area contributed by atoms with Crippen molar-refractivity contribution >= 4 is 11.6 Å². The van der Waals surface area contributed by atoms with Gasteiger partial charge in [0.2, 0.25) is 0 Å². The van der Waals surface area contributed by atoms with Crippen LogP contribution in [0.2, 0.25) is 5.02 Å². The van der Waals surface area contributed by atoms with Crippen molar-refractivity contribution in [3.63, 3.8) is 0 Å². The summed E-state index contributed by atoms with van der Waals surface area (Å²) in [5, 5.41) is 18.1. The molecule has 14 heavy (non-hydrogen) atoms. The molecule has 1 aromatic carbocycles. The third-order valence-corrected chi connectivity index (χ3v) is 2.21. The van der Waals surface area contributed by atoms with Gasteiger partial charge in [-0.15, -0.1) is 0 Å². The molecule has 2 atom stereocenters. The van der Waals surface area contributed by atoms with E-state index in [2.05, 4.69) is 0 Å². The van der Waals surface area contributed by atoms with E-state index in [1.165, 1.54) is 18.2 Å². The van der Waals surface area contributed by atoms with Gasteiger partial charge in [0.25, 0.3) is 0 Å². The zero-order valence-corrected chi connectivity index (χ0v) is 8.08. The number of halogens is 2. The third-order valence-electron chi connectivity index (χ3n) is 1.92. The summed E-state index contributed by atoms with van der Waals surface area (Å²) in [6, 6.07) is 3.34. The second-order valence-electron chi connectivity index (χ2n) is 2.93. The maximum Gasteiger partial charge on any atom is 0.147 e. The Morgan fingerprint density at radius 2 is 2.14 bits per heavy atom. The second-order valence-corrected chi connectivity index (χ2v) is 3.34. The third kappa shape index (κ3) is 2.22. The zero-order chi connectivity index (χ0) is 10.7. The molecule has 0 aliphatic carbocycles. The van der Waals surface area contributed by atoms with Crippen LogP contribution >= 0.6 is 11.6 Å². The van der Waals surface area contributed by atoms with Crippen LogP contribution in [0.25, 0.3) is 0 Å². The van der Waals surface area contributed by atoms with Crippen molar-refractivity contribution < 1.29 is 14.6 Å². The van der Waals surface area contributed by atoms with Crippen molar-refractivity contribution in [1.29, 1.82) is 0 Å². The smallest absolute Gasteiger partial charge is 0.147 e. The van der Waals surface area contributed by atoms with Crippen LogP contribution in [-0.2, 0) is 0 Å². The van der Waals surface area contributed by atoms with Crippen molar-refractivity contribution in [2.24, 2.45) is 5.73 Å². The van der Waals surface area contributed by atoms with Gasteiger partial charge in [-0.3, -0.25) is 0 Å². The van der Waals surface area contributed by atoms with E-state index in [0.717, 1.165) is 0 Å². The highest BCUT2D eigenvalue weighted by Crippen LogP contribution is 2.24. The number of aliphatic hydroxyl groups is 2. The SMILES string of the molecule is NC(CO)C(O)c1cccc(Cl)c1F. The highest BCUT2D eigenvalue weighted by atomic mass is 35.5. The summed E-state index contributed by atoms with van der Waals surface area (Å²) >= 11 is 5.52. The first-order valence-corrected chi connectivity index (χ1v) is 4.44. The maximum atomic E-state index is 13.3. The number of hydrogen-bond acceptors (Lipinski definition) is 3. The quantitative estimate of drug-likeness (QED) is 0.706. The summed E-state index contributed by atoms with van der Waals surface area (Å²) in [5.74, 6) is -0.703. The van der Waals surface area contributed by atoms with Gasteiger partial charge in [-0.25, -0.2) is 4.39 Å². The molecule has 0 aliphatic heterocycles. The molecule has 0 spiro atoms. The Morgan fingerprint density at radius 3 is 2.71 bits per heavy atom. The summed E-state index contributed by atoms with van der Waals surface area (Å²) < 4.78 is 13.3. The molecule has 4 N–H and O–H groups in total.